The van der Waals surface area contributed by atoms with Crippen LogP contribution in [-0.4, -0.2) is 23.4 Å². The number of rotatable bonds is 7. The van der Waals surface area contributed by atoms with Gasteiger partial charge in [0.25, 0.3) is 0 Å². The predicted octanol–water partition coefficient (Wildman–Crippen LogP) is 3.98. The lowest BCUT2D eigenvalue weighted by Crippen LogP contribution is -2.35. The van der Waals surface area contributed by atoms with Gasteiger partial charge in [0.15, 0.2) is 0 Å². The van der Waals surface area contributed by atoms with Crippen molar-refractivity contribution < 1.29 is 0 Å². The van der Waals surface area contributed by atoms with E-state index in [4.69, 9.17) is 11.6 Å². The Morgan fingerprint density at radius 3 is 2.60 bits per heavy atom. The van der Waals surface area contributed by atoms with Crippen molar-refractivity contribution in [1.82, 2.24) is 4.90 Å². The largest absolute Gasteiger partial charge is 0.295 e. The molecular formula is C12H20ClNS. The van der Waals surface area contributed by atoms with E-state index in [1.807, 2.05) is 0 Å². The van der Waals surface area contributed by atoms with Crippen LogP contribution in [0, 0.1) is 0 Å². The Hall–Kier alpha value is -0.0500. The van der Waals surface area contributed by atoms with Crippen molar-refractivity contribution in [3.63, 3.8) is 0 Å². The second kappa shape index (κ2) is 7.26. The molecule has 0 amide bonds. The minimum atomic E-state index is 0.670. The fourth-order valence-corrected chi connectivity index (χ4v) is 2.80. The van der Waals surface area contributed by atoms with Crippen molar-refractivity contribution in [2.75, 3.05) is 12.4 Å². The molecule has 15 heavy (non-hydrogen) atoms. The maximum absolute atomic E-state index is 5.86. The van der Waals surface area contributed by atoms with Gasteiger partial charge in [-0.15, -0.1) is 11.6 Å². The Kier molecular flexibility index (Phi) is 6.30. The summed E-state index contributed by atoms with van der Waals surface area (Å²) in [5, 5.41) is 4.37. The molecule has 0 aliphatic rings. The van der Waals surface area contributed by atoms with Gasteiger partial charge in [-0.25, -0.2) is 0 Å². The number of thiophene rings is 1. The van der Waals surface area contributed by atoms with E-state index in [1.54, 1.807) is 11.3 Å². The lowest BCUT2D eigenvalue weighted by molar-refractivity contribution is 0.188. The highest BCUT2D eigenvalue weighted by molar-refractivity contribution is 7.07. The van der Waals surface area contributed by atoms with Gasteiger partial charge in [-0.05, 0) is 35.2 Å². The molecule has 1 heterocycles. The van der Waals surface area contributed by atoms with Gasteiger partial charge < -0.3 is 0 Å². The molecule has 3 heteroatoms. The zero-order chi connectivity index (χ0) is 11.1. The molecule has 1 nitrogen and oxygen atoms in total. The summed E-state index contributed by atoms with van der Waals surface area (Å²) < 4.78 is 0. The van der Waals surface area contributed by atoms with Crippen molar-refractivity contribution in [2.45, 2.75) is 39.3 Å². The molecule has 1 aromatic rings. The van der Waals surface area contributed by atoms with Crippen LogP contribution in [0.5, 0.6) is 0 Å². The summed E-state index contributed by atoms with van der Waals surface area (Å²) in [5.74, 6) is 0.723. The van der Waals surface area contributed by atoms with Gasteiger partial charge in [-0.3, -0.25) is 4.90 Å². The van der Waals surface area contributed by atoms with Gasteiger partial charge in [0, 0.05) is 25.0 Å². The third-order valence-corrected chi connectivity index (χ3v) is 3.70. The lowest BCUT2D eigenvalue weighted by Gasteiger charge is -2.29. The van der Waals surface area contributed by atoms with Crippen LogP contribution in [0.2, 0.25) is 0 Å². The van der Waals surface area contributed by atoms with Gasteiger partial charge in [0.1, 0.15) is 0 Å². The lowest BCUT2D eigenvalue weighted by atomic mass is 10.1. The topological polar surface area (TPSA) is 3.24 Å². The van der Waals surface area contributed by atoms with E-state index >= 15 is 0 Å². The maximum atomic E-state index is 5.86. The molecule has 0 saturated heterocycles. The molecule has 0 bridgehead atoms. The second-order valence-corrected chi connectivity index (χ2v) is 4.92. The second-order valence-electron chi connectivity index (χ2n) is 3.76. The van der Waals surface area contributed by atoms with Gasteiger partial charge >= 0.3 is 0 Å². The van der Waals surface area contributed by atoms with Gasteiger partial charge in [0.05, 0.1) is 0 Å². The van der Waals surface area contributed by atoms with Crippen LogP contribution in [0.15, 0.2) is 16.8 Å². The Morgan fingerprint density at radius 2 is 2.13 bits per heavy atom. The Balaban J connectivity index is 2.56. The molecule has 0 aliphatic heterocycles. The number of halogens is 1. The molecule has 0 aromatic carbocycles. The van der Waals surface area contributed by atoms with Crippen LogP contribution in [-0.2, 0) is 6.54 Å². The van der Waals surface area contributed by atoms with Crippen molar-refractivity contribution in [3.05, 3.63) is 22.4 Å². The highest BCUT2D eigenvalue weighted by atomic mass is 35.5. The van der Waals surface area contributed by atoms with E-state index in [2.05, 4.69) is 35.6 Å². The molecule has 0 radical (unpaired) electrons. The first-order chi connectivity index (χ1) is 7.31. The molecule has 0 unspecified atom stereocenters. The Labute approximate surface area is 102 Å². The summed E-state index contributed by atoms with van der Waals surface area (Å²) in [6.07, 6.45) is 2.41. The first kappa shape index (κ1) is 13.0. The maximum Gasteiger partial charge on any atom is 0.0351 e. The highest BCUT2D eigenvalue weighted by Gasteiger charge is 2.14. The molecule has 0 fully saturated rings. The van der Waals surface area contributed by atoms with Crippen molar-refractivity contribution >= 4 is 22.9 Å². The van der Waals surface area contributed by atoms with Crippen molar-refractivity contribution in [1.29, 1.82) is 0 Å². The van der Waals surface area contributed by atoms with E-state index < -0.39 is 0 Å². The number of alkyl halides is 1. The molecule has 86 valence electrons. The summed E-state index contributed by atoms with van der Waals surface area (Å²) in [6.45, 7) is 6.54. The monoisotopic (exact) mass is 245 g/mol. The quantitative estimate of drug-likeness (QED) is 0.657. The summed E-state index contributed by atoms with van der Waals surface area (Å²) in [7, 11) is 0. The fraction of sp³-hybridized carbons (Fsp3) is 0.667. The summed E-state index contributed by atoms with van der Waals surface area (Å²) in [4.78, 5) is 2.50. The van der Waals surface area contributed by atoms with Crippen molar-refractivity contribution in [3.8, 4) is 0 Å². The van der Waals surface area contributed by atoms with Crippen LogP contribution >= 0.6 is 22.9 Å². The van der Waals surface area contributed by atoms with Crippen LogP contribution in [0.3, 0.4) is 0 Å². The molecule has 1 rings (SSSR count). The number of nitrogens with zero attached hydrogens (tertiary/aromatic N) is 1. The molecule has 0 saturated carbocycles. The minimum Gasteiger partial charge on any atom is -0.295 e. The third kappa shape index (κ3) is 4.13. The zero-order valence-electron chi connectivity index (χ0n) is 9.58. The molecule has 1 aromatic heterocycles. The van der Waals surface area contributed by atoms with E-state index in [9.17, 15) is 0 Å². The standard InChI is InChI=1S/C12H20ClNS/c1-3-12(4-2)14(7-6-13)9-11-5-8-15-10-11/h5,8,10,12H,3-4,6-7,9H2,1-2H3. The first-order valence-electron chi connectivity index (χ1n) is 5.62. The Bertz CT molecular complexity index is 244. The van der Waals surface area contributed by atoms with E-state index in [0.717, 1.165) is 19.0 Å². The summed E-state index contributed by atoms with van der Waals surface area (Å²) >= 11 is 7.62. The number of hydrogen-bond donors (Lipinski definition) is 0. The molecule has 0 N–H and O–H groups in total. The number of hydrogen-bond acceptors (Lipinski definition) is 2. The average molecular weight is 246 g/mol. The molecule has 0 atom stereocenters. The van der Waals surface area contributed by atoms with Gasteiger partial charge in [-0.1, -0.05) is 13.8 Å². The zero-order valence-corrected chi connectivity index (χ0v) is 11.2. The Morgan fingerprint density at radius 1 is 1.40 bits per heavy atom. The smallest absolute Gasteiger partial charge is 0.0351 e. The fourth-order valence-electron chi connectivity index (χ4n) is 1.92. The van der Waals surface area contributed by atoms with Crippen LogP contribution in [0.1, 0.15) is 32.3 Å². The van der Waals surface area contributed by atoms with Gasteiger partial charge in [0.2, 0.25) is 0 Å². The average Bonchev–Trinajstić information content (AvgIpc) is 2.72. The molecular weight excluding hydrogens is 226 g/mol. The summed E-state index contributed by atoms with van der Waals surface area (Å²) in [5.41, 5.74) is 1.41. The van der Waals surface area contributed by atoms with E-state index in [1.165, 1.54) is 18.4 Å². The highest BCUT2D eigenvalue weighted by Crippen LogP contribution is 2.15. The molecule has 0 aliphatic carbocycles. The first-order valence-corrected chi connectivity index (χ1v) is 7.10. The van der Waals surface area contributed by atoms with E-state index in [-0.39, 0.29) is 0 Å². The molecule has 0 spiro atoms. The van der Waals surface area contributed by atoms with Crippen LogP contribution in [0.4, 0.5) is 0 Å². The van der Waals surface area contributed by atoms with Crippen LogP contribution < -0.4 is 0 Å². The van der Waals surface area contributed by atoms with E-state index in [0.29, 0.717) is 6.04 Å². The van der Waals surface area contributed by atoms with Crippen LogP contribution in [0.25, 0.3) is 0 Å². The SMILES string of the molecule is CCC(CC)N(CCCl)Cc1ccsc1. The summed E-state index contributed by atoms with van der Waals surface area (Å²) in [6, 6.07) is 2.87. The van der Waals surface area contributed by atoms with Gasteiger partial charge in [-0.2, -0.15) is 11.3 Å². The normalized spacial score (nSPS) is 11.5. The third-order valence-electron chi connectivity index (χ3n) is 2.80. The van der Waals surface area contributed by atoms with Crippen molar-refractivity contribution in [2.24, 2.45) is 0 Å². The predicted molar refractivity (Wildman–Crippen MR) is 69.8 cm³/mol. The minimum absolute atomic E-state index is 0.670.